The van der Waals surface area contributed by atoms with Crippen LogP contribution < -0.4 is 11.0 Å². The number of amides is 1. The summed E-state index contributed by atoms with van der Waals surface area (Å²) in [7, 11) is 0. The molecule has 0 saturated carbocycles. The Balaban J connectivity index is 2.87. The highest BCUT2D eigenvalue weighted by Crippen LogP contribution is 2.26. The van der Waals surface area contributed by atoms with Gasteiger partial charge in [-0.1, -0.05) is 0 Å². The van der Waals surface area contributed by atoms with Gasteiger partial charge in [-0.15, -0.1) is 0 Å². The molecule has 2 rings (SSSR count). The number of carbonyl (C=O) groups is 1. The fraction of sp³-hybridized carbons (Fsp3) is 0.200. The molecule has 5 nitrogen and oxygen atoms in total. The minimum absolute atomic E-state index is 0.274. The number of nitrogens with one attached hydrogen (secondary N) is 3. The number of aromatic amines is 2. The molecule has 0 unspecified atom stereocenters. The largest absolute Gasteiger partial charge is 0.327 e. The van der Waals surface area contributed by atoms with Crippen LogP contribution in [0.4, 0.5) is 5.69 Å². The number of imidazole rings is 1. The van der Waals surface area contributed by atoms with Crippen LogP contribution in [0.15, 0.2) is 10.9 Å². The zero-order valence-corrected chi connectivity index (χ0v) is 8.47. The summed E-state index contributed by atoms with van der Waals surface area (Å²) in [6.45, 7) is 3.82. The van der Waals surface area contributed by atoms with Crippen LogP contribution in [0, 0.1) is 13.8 Å². The predicted octanol–water partition coefficient (Wildman–Crippen LogP) is 1.04. The number of aryl methyl sites for hydroxylation is 1. The van der Waals surface area contributed by atoms with Crippen LogP contribution in [0.5, 0.6) is 0 Å². The highest BCUT2D eigenvalue weighted by molar-refractivity contribution is 5.95. The van der Waals surface area contributed by atoms with E-state index < -0.39 is 0 Å². The summed E-state index contributed by atoms with van der Waals surface area (Å²) < 4.78 is 0. The van der Waals surface area contributed by atoms with Crippen molar-refractivity contribution in [3.8, 4) is 0 Å². The molecule has 0 fully saturated rings. The van der Waals surface area contributed by atoms with E-state index >= 15 is 0 Å². The molecule has 0 aliphatic carbocycles. The number of aromatic nitrogens is 2. The fourth-order valence-electron chi connectivity index (χ4n) is 1.65. The molecule has 1 aromatic heterocycles. The number of hydrogen-bond acceptors (Lipinski definition) is 2. The molecule has 0 radical (unpaired) electrons. The van der Waals surface area contributed by atoms with Crippen molar-refractivity contribution in [2.75, 3.05) is 5.32 Å². The number of anilines is 1. The van der Waals surface area contributed by atoms with Gasteiger partial charge in [-0.2, -0.15) is 0 Å². The lowest BCUT2D eigenvalue weighted by Gasteiger charge is -2.08. The molecule has 0 spiro atoms. The third kappa shape index (κ3) is 1.41. The first-order valence-corrected chi connectivity index (χ1v) is 4.56. The van der Waals surface area contributed by atoms with E-state index in [9.17, 15) is 9.59 Å². The van der Waals surface area contributed by atoms with E-state index in [1.165, 1.54) is 0 Å². The van der Waals surface area contributed by atoms with Gasteiger partial charge in [0.2, 0.25) is 6.41 Å². The summed E-state index contributed by atoms with van der Waals surface area (Å²) in [5, 5.41) is 2.60. The van der Waals surface area contributed by atoms with Crippen LogP contribution in [0.2, 0.25) is 0 Å². The summed E-state index contributed by atoms with van der Waals surface area (Å²) in [5.41, 5.74) is 3.68. The molecule has 5 heteroatoms. The average Bonchev–Trinajstić information content (AvgIpc) is 2.53. The molecule has 1 heterocycles. The predicted molar refractivity (Wildman–Crippen MR) is 58.1 cm³/mol. The van der Waals surface area contributed by atoms with Crippen molar-refractivity contribution in [2.45, 2.75) is 13.8 Å². The lowest BCUT2D eigenvalue weighted by atomic mass is 10.1. The van der Waals surface area contributed by atoms with Gasteiger partial charge in [0.25, 0.3) is 0 Å². The van der Waals surface area contributed by atoms with E-state index in [1.54, 1.807) is 0 Å². The zero-order chi connectivity index (χ0) is 11.0. The second kappa shape index (κ2) is 3.27. The number of carbonyl (C=O) groups excluding carboxylic acids is 1. The van der Waals surface area contributed by atoms with E-state index in [-0.39, 0.29) is 5.69 Å². The molecule has 0 aliphatic heterocycles. The maximum Gasteiger partial charge on any atom is 0.323 e. The van der Waals surface area contributed by atoms with Crippen molar-refractivity contribution in [3.05, 3.63) is 27.7 Å². The van der Waals surface area contributed by atoms with Crippen LogP contribution in [-0.2, 0) is 4.79 Å². The topological polar surface area (TPSA) is 77.8 Å². The lowest BCUT2D eigenvalue weighted by Crippen LogP contribution is -2.01. The van der Waals surface area contributed by atoms with Gasteiger partial charge in [-0.25, -0.2) is 4.79 Å². The van der Waals surface area contributed by atoms with Crippen LogP contribution in [-0.4, -0.2) is 16.4 Å². The fourth-order valence-corrected chi connectivity index (χ4v) is 1.65. The number of H-pyrrole nitrogens is 2. The number of hydrogen-bond donors (Lipinski definition) is 3. The first kappa shape index (κ1) is 9.51. The summed E-state index contributed by atoms with van der Waals surface area (Å²) in [4.78, 5) is 26.9. The second-order valence-electron chi connectivity index (χ2n) is 3.46. The monoisotopic (exact) mass is 205 g/mol. The van der Waals surface area contributed by atoms with Gasteiger partial charge < -0.3 is 15.3 Å². The molecular weight excluding hydrogens is 194 g/mol. The molecule has 0 bridgehead atoms. The smallest absolute Gasteiger partial charge is 0.323 e. The minimum atomic E-state index is -0.274. The average molecular weight is 205 g/mol. The highest BCUT2D eigenvalue weighted by atomic mass is 16.1. The third-order valence-corrected chi connectivity index (χ3v) is 2.54. The van der Waals surface area contributed by atoms with Crippen LogP contribution in [0.1, 0.15) is 11.1 Å². The number of rotatable bonds is 2. The van der Waals surface area contributed by atoms with Gasteiger partial charge >= 0.3 is 5.69 Å². The van der Waals surface area contributed by atoms with Crippen molar-refractivity contribution in [2.24, 2.45) is 0 Å². The minimum Gasteiger partial charge on any atom is -0.327 e. The SMILES string of the molecule is Cc1cc2[nH]c(=O)[nH]c2c(NC=O)c1C. The quantitative estimate of drug-likeness (QED) is 0.640. The van der Waals surface area contributed by atoms with Gasteiger partial charge in [-0.05, 0) is 31.0 Å². The standard InChI is InChI=1S/C10H11N3O2/c1-5-3-7-9(13-10(15)12-7)8(6(5)2)11-4-14/h3-4H,1-2H3,(H,11,14)(H2,12,13,15). The third-order valence-electron chi connectivity index (χ3n) is 2.54. The maximum absolute atomic E-state index is 11.1. The Bertz CT molecular complexity index is 580. The van der Waals surface area contributed by atoms with E-state index in [0.29, 0.717) is 23.1 Å². The Morgan fingerprint density at radius 1 is 1.33 bits per heavy atom. The van der Waals surface area contributed by atoms with E-state index in [4.69, 9.17) is 0 Å². The second-order valence-corrected chi connectivity index (χ2v) is 3.46. The lowest BCUT2D eigenvalue weighted by molar-refractivity contribution is -0.105. The van der Waals surface area contributed by atoms with E-state index in [0.717, 1.165) is 11.1 Å². The summed E-state index contributed by atoms with van der Waals surface area (Å²) in [5.74, 6) is 0. The van der Waals surface area contributed by atoms with E-state index in [2.05, 4.69) is 15.3 Å². The van der Waals surface area contributed by atoms with Gasteiger partial charge in [0.15, 0.2) is 0 Å². The molecule has 0 atom stereocenters. The summed E-state index contributed by atoms with van der Waals surface area (Å²) in [6, 6.07) is 1.87. The molecular formula is C10H11N3O2. The van der Waals surface area contributed by atoms with Crippen LogP contribution >= 0.6 is 0 Å². The van der Waals surface area contributed by atoms with Gasteiger partial charge in [0, 0.05) is 0 Å². The molecule has 15 heavy (non-hydrogen) atoms. The van der Waals surface area contributed by atoms with Crippen molar-refractivity contribution < 1.29 is 4.79 Å². The van der Waals surface area contributed by atoms with Gasteiger partial charge in [0.1, 0.15) is 0 Å². The number of benzene rings is 1. The molecule has 0 saturated heterocycles. The summed E-state index contributed by atoms with van der Waals surface area (Å²) >= 11 is 0. The Labute approximate surface area is 85.5 Å². The highest BCUT2D eigenvalue weighted by Gasteiger charge is 2.09. The molecule has 0 aliphatic rings. The van der Waals surface area contributed by atoms with Gasteiger partial charge in [-0.3, -0.25) is 4.79 Å². The normalized spacial score (nSPS) is 10.5. The summed E-state index contributed by atoms with van der Waals surface area (Å²) in [6.07, 6.45) is 0.604. The van der Waals surface area contributed by atoms with E-state index in [1.807, 2.05) is 19.9 Å². The van der Waals surface area contributed by atoms with Crippen molar-refractivity contribution in [3.63, 3.8) is 0 Å². The van der Waals surface area contributed by atoms with Crippen molar-refractivity contribution in [1.82, 2.24) is 9.97 Å². The zero-order valence-electron chi connectivity index (χ0n) is 8.47. The van der Waals surface area contributed by atoms with Gasteiger partial charge in [0.05, 0.1) is 16.7 Å². The van der Waals surface area contributed by atoms with Crippen LogP contribution in [0.25, 0.3) is 11.0 Å². The Hall–Kier alpha value is -2.04. The Kier molecular flexibility index (Phi) is 2.07. The van der Waals surface area contributed by atoms with Crippen molar-refractivity contribution >= 4 is 23.1 Å². The molecule has 2 aromatic rings. The molecule has 78 valence electrons. The number of fused-ring (bicyclic) bond motifs is 1. The molecule has 1 amide bonds. The Morgan fingerprint density at radius 3 is 2.73 bits per heavy atom. The maximum atomic E-state index is 11.1. The van der Waals surface area contributed by atoms with Crippen LogP contribution in [0.3, 0.4) is 0 Å². The Morgan fingerprint density at radius 2 is 2.07 bits per heavy atom. The molecule has 3 N–H and O–H groups in total. The molecule has 1 aromatic carbocycles. The first-order valence-electron chi connectivity index (χ1n) is 4.56. The first-order chi connectivity index (χ1) is 7.13. The van der Waals surface area contributed by atoms with Crippen molar-refractivity contribution in [1.29, 1.82) is 0 Å².